The van der Waals surface area contributed by atoms with E-state index in [1.54, 1.807) is 6.07 Å². The molecule has 5 heteroatoms. The Kier molecular flexibility index (Phi) is 4.36. The Hall–Kier alpha value is -2.35. The molecule has 104 valence electrons. The number of amides is 1. The third kappa shape index (κ3) is 3.15. The van der Waals surface area contributed by atoms with Crippen molar-refractivity contribution in [2.45, 2.75) is 32.8 Å². The van der Waals surface area contributed by atoms with Gasteiger partial charge in [-0.3, -0.25) is 0 Å². The first kappa shape index (κ1) is 14.1. The number of hydrogen-bond acceptors (Lipinski definition) is 4. The van der Waals surface area contributed by atoms with Gasteiger partial charge in [-0.1, -0.05) is 17.1 Å². The number of benzene rings is 1. The largest absolute Gasteiger partial charge is 0.488 e. The standard InChI is InChI=1S/C15H16N2O3/c1-4-9-19-15(18)17-16-13-8-5-10(2)12-7-6-11(3)20-14(12)13/h1,5,8,11H,6-7,9H2,2-3H3. The zero-order chi connectivity index (χ0) is 14.5. The molecule has 0 saturated carbocycles. The van der Waals surface area contributed by atoms with Gasteiger partial charge in [0.1, 0.15) is 5.69 Å². The number of fused-ring (bicyclic) bond motifs is 1. The maximum absolute atomic E-state index is 11.3. The Labute approximate surface area is 118 Å². The third-order valence-corrected chi connectivity index (χ3v) is 3.11. The van der Waals surface area contributed by atoms with E-state index in [0.717, 1.165) is 24.0 Å². The molecule has 0 radical (unpaired) electrons. The molecule has 1 aliphatic rings. The smallest absolute Gasteiger partial charge is 0.453 e. The van der Waals surface area contributed by atoms with E-state index in [2.05, 4.69) is 20.9 Å². The molecule has 0 saturated heterocycles. The second kappa shape index (κ2) is 6.20. The number of hydrogen-bond donors (Lipinski definition) is 0. The lowest BCUT2D eigenvalue weighted by atomic mass is 9.97. The molecule has 0 aliphatic carbocycles. The Bertz CT molecular complexity index is 588. The summed E-state index contributed by atoms with van der Waals surface area (Å²) in [6.45, 7) is 3.92. The summed E-state index contributed by atoms with van der Waals surface area (Å²) in [7, 11) is 0. The van der Waals surface area contributed by atoms with Crippen molar-refractivity contribution < 1.29 is 14.3 Å². The van der Waals surface area contributed by atoms with Gasteiger partial charge in [0, 0.05) is 0 Å². The lowest BCUT2D eigenvalue weighted by Crippen LogP contribution is -2.19. The predicted molar refractivity (Wildman–Crippen MR) is 74.3 cm³/mol. The van der Waals surface area contributed by atoms with Gasteiger partial charge in [-0.05, 0) is 43.9 Å². The molecule has 1 unspecified atom stereocenters. The third-order valence-electron chi connectivity index (χ3n) is 3.11. The van der Waals surface area contributed by atoms with Gasteiger partial charge in [-0.2, -0.15) is 0 Å². The fraction of sp³-hybridized carbons (Fsp3) is 0.400. The lowest BCUT2D eigenvalue weighted by molar-refractivity contribution is 0.169. The quantitative estimate of drug-likeness (QED) is 0.611. The Morgan fingerprint density at radius 1 is 1.60 bits per heavy atom. The normalized spacial score (nSPS) is 17.1. The number of azo groups is 1. The minimum Gasteiger partial charge on any atom is -0.488 e. The van der Waals surface area contributed by atoms with Gasteiger partial charge in [0.15, 0.2) is 12.4 Å². The van der Waals surface area contributed by atoms with Crippen LogP contribution in [0.2, 0.25) is 0 Å². The molecule has 20 heavy (non-hydrogen) atoms. The van der Waals surface area contributed by atoms with Crippen molar-refractivity contribution in [3.8, 4) is 18.1 Å². The van der Waals surface area contributed by atoms with Crippen LogP contribution in [-0.2, 0) is 11.2 Å². The van der Waals surface area contributed by atoms with E-state index in [9.17, 15) is 4.79 Å². The predicted octanol–water partition coefficient (Wildman–Crippen LogP) is 3.56. The molecule has 5 nitrogen and oxygen atoms in total. The molecule has 1 amide bonds. The summed E-state index contributed by atoms with van der Waals surface area (Å²) in [6.07, 6.45) is 6.22. The Morgan fingerprint density at radius 3 is 3.15 bits per heavy atom. The summed E-state index contributed by atoms with van der Waals surface area (Å²) in [5, 5.41) is 7.39. The number of rotatable bonds is 2. The topological polar surface area (TPSA) is 60.2 Å². The average molecular weight is 272 g/mol. The van der Waals surface area contributed by atoms with Crippen LogP contribution < -0.4 is 4.74 Å². The van der Waals surface area contributed by atoms with Crippen molar-refractivity contribution in [2.24, 2.45) is 10.2 Å². The maximum atomic E-state index is 11.3. The van der Waals surface area contributed by atoms with E-state index in [1.165, 1.54) is 0 Å². The zero-order valence-corrected chi connectivity index (χ0v) is 11.5. The van der Waals surface area contributed by atoms with Gasteiger partial charge in [0.05, 0.1) is 6.10 Å². The van der Waals surface area contributed by atoms with Gasteiger partial charge >= 0.3 is 6.09 Å². The SMILES string of the molecule is C#CCOC(=O)N=Nc1ccc(C)c2c1OC(C)CC2. The summed E-state index contributed by atoms with van der Waals surface area (Å²) in [4.78, 5) is 11.3. The highest BCUT2D eigenvalue weighted by Gasteiger charge is 2.21. The molecule has 0 bridgehead atoms. The Balaban J connectivity index is 2.23. The fourth-order valence-electron chi connectivity index (χ4n) is 2.07. The first-order valence-electron chi connectivity index (χ1n) is 6.43. The van der Waals surface area contributed by atoms with Gasteiger partial charge in [0.2, 0.25) is 0 Å². The van der Waals surface area contributed by atoms with E-state index >= 15 is 0 Å². The molecule has 0 fully saturated rings. The van der Waals surface area contributed by atoms with E-state index in [4.69, 9.17) is 11.2 Å². The zero-order valence-electron chi connectivity index (χ0n) is 11.5. The van der Waals surface area contributed by atoms with Crippen molar-refractivity contribution in [1.82, 2.24) is 0 Å². The van der Waals surface area contributed by atoms with Crippen LogP contribution in [0.1, 0.15) is 24.5 Å². The summed E-state index contributed by atoms with van der Waals surface area (Å²) >= 11 is 0. The van der Waals surface area contributed by atoms with E-state index in [-0.39, 0.29) is 12.7 Å². The van der Waals surface area contributed by atoms with Crippen molar-refractivity contribution >= 4 is 11.8 Å². The summed E-state index contributed by atoms with van der Waals surface area (Å²) in [5.74, 6) is 2.90. The number of carbonyl (C=O) groups is 1. The molecular formula is C15H16N2O3. The van der Waals surface area contributed by atoms with Crippen molar-refractivity contribution in [3.05, 3.63) is 23.3 Å². The van der Waals surface area contributed by atoms with Gasteiger partial charge in [-0.25, -0.2) is 4.79 Å². The fourth-order valence-corrected chi connectivity index (χ4v) is 2.07. The first-order chi connectivity index (χ1) is 9.61. The van der Waals surface area contributed by atoms with Crippen LogP contribution in [0.5, 0.6) is 5.75 Å². The second-order valence-corrected chi connectivity index (χ2v) is 4.64. The first-order valence-corrected chi connectivity index (χ1v) is 6.43. The van der Waals surface area contributed by atoms with Gasteiger partial charge in [-0.15, -0.1) is 11.5 Å². The molecule has 1 atom stereocenters. The molecular weight excluding hydrogens is 256 g/mol. The average Bonchev–Trinajstić information content (AvgIpc) is 2.44. The Morgan fingerprint density at radius 2 is 2.40 bits per heavy atom. The van der Waals surface area contributed by atoms with Crippen LogP contribution in [0, 0.1) is 19.3 Å². The molecule has 0 N–H and O–H groups in total. The van der Waals surface area contributed by atoms with Gasteiger partial charge < -0.3 is 9.47 Å². The van der Waals surface area contributed by atoms with Crippen LogP contribution in [0.3, 0.4) is 0 Å². The highest BCUT2D eigenvalue weighted by atomic mass is 16.5. The summed E-state index contributed by atoms with van der Waals surface area (Å²) < 4.78 is 10.4. The maximum Gasteiger partial charge on any atom is 0.453 e. The molecule has 0 spiro atoms. The number of ether oxygens (including phenoxy) is 2. The minimum absolute atomic E-state index is 0.114. The number of aryl methyl sites for hydroxylation is 1. The summed E-state index contributed by atoms with van der Waals surface area (Å²) in [6, 6.07) is 3.73. The molecule has 0 aromatic heterocycles. The number of carbonyl (C=O) groups excluding carboxylic acids is 1. The van der Waals surface area contributed by atoms with E-state index < -0.39 is 6.09 Å². The molecule has 1 heterocycles. The van der Waals surface area contributed by atoms with Crippen LogP contribution in [0.4, 0.5) is 10.5 Å². The second-order valence-electron chi connectivity index (χ2n) is 4.64. The van der Waals surface area contributed by atoms with Gasteiger partial charge in [0.25, 0.3) is 0 Å². The van der Waals surface area contributed by atoms with Crippen molar-refractivity contribution in [3.63, 3.8) is 0 Å². The van der Waals surface area contributed by atoms with Crippen LogP contribution >= 0.6 is 0 Å². The summed E-state index contributed by atoms with van der Waals surface area (Å²) in [5.41, 5.74) is 2.81. The molecule has 2 rings (SSSR count). The van der Waals surface area contributed by atoms with Crippen LogP contribution in [0.25, 0.3) is 0 Å². The number of nitrogens with zero attached hydrogens (tertiary/aromatic N) is 2. The van der Waals surface area contributed by atoms with Crippen LogP contribution in [-0.4, -0.2) is 18.8 Å². The van der Waals surface area contributed by atoms with E-state index in [1.807, 2.05) is 19.9 Å². The highest BCUT2D eigenvalue weighted by Crippen LogP contribution is 2.38. The van der Waals surface area contributed by atoms with Crippen molar-refractivity contribution in [1.29, 1.82) is 0 Å². The highest BCUT2D eigenvalue weighted by molar-refractivity contribution is 5.69. The lowest BCUT2D eigenvalue weighted by Gasteiger charge is -2.25. The number of terminal acetylenes is 1. The molecule has 1 aromatic carbocycles. The van der Waals surface area contributed by atoms with E-state index in [0.29, 0.717) is 11.4 Å². The minimum atomic E-state index is -0.805. The monoisotopic (exact) mass is 272 g/mol. The van der Waals surface area contributed by atoms with Crippen LogP contribution in [0.15, 0.2) is 22.4 Å². The molecule has 1 aromatic rings. The molecule has 1 aliphatic heterocycles. The van der Waals surface area contributed by atoms with Crippen molar-refractivity contribution in [2.75, 3.05) is 6.61 Å².